The predicted octanol–water partition coefficient (Wildman–Crippen LogP) is 0.826. The molecule has 1 saturated heterocycles. The first-order valence-electron chi connectivity index (χ1n) is 6.72. The first-order chi connectivity index (χ1) is 9.33. The summed E-state index contributed by atoms with van der Waals surface area (Å²) in [5.74, 6) is 1.61. The molecule has 5 nitrogen and oxygen atoms in total. The molecule has 1 aromatic rings. The largest absolute Gasteiger partial charge is 0.486 e. The molecule has 5 heteroatoms. The van der Waals surface area contributed by atoms with Crippen LogP contribution in [-0.4, -0.2) is 31.7 Å². The maximum absolute atomic E-state index is 11.9. The second kappa shape index (κ2) is 5.48. The van der Waals surface area contributed by atoms with E-state index in [9.17, 15) is 4.79 Å². The number of ether oxygens (including phenoxy) is 2. The molecule has 2 N–H and O–H groups in total. The minimum atomic E-state index is -0.0304. The van der Waals surface area contributed by atoms with Crippen LogP contribution in [0.5, 0.6) is 11.5 Å². The van der Waals surface area contributed by atoms with E-state index < -0.39 is 0 Å². The van der Waals surface area contributed by atoms with Crippen LogP contribution in [0.15, 0.2) is 18.2 Å². The highest BCUT2D eigenvalue weighted by atomic mass is 16.6. The van der Waals surface area contributed by atoms with E-state index in [1.165, 1.54) is 0 Å². The maximum atomic E-state index is 11.9. The second-order valence-electron chi connectivity index (χ2n) is 4.84. The lowest BCUT2D eigenvalue weighted by Gasteiger charge is -2.19. The van der Waals surface area contributed by atoms with Gasteiger partial charge in [-0.2, -0.15) is 0 Å². The van der Waals surface area contributed by atoms with Gasteiger partial charge in [0.15, 0.2) is 11.5 Å². The van der Waals surface area contributed by atoms with Crippen molar-refractivity contribution in [2.45, 2.75) is 25.4 Å². The molecule has 0 spiro atoms. The number of amides is 1. The molecular formula is C14H18N2O3. The predicted molar refractivity (Wildman–Crippen MR) is 70.3 cm³/mol. The van der Waals surface area contributed by atoms with Crippen molar-refractivity contribution in [2.24, 2.45) is 0 Å². The summed E-state index contributed by atoms with van der Waals surface area (Å²) < 4.78 is 11.0. The summed E-state index contributed by atoms with van der Waals surface area (Å²) in [5.41, 5.74) is 1.02. The van der Waals surface area contributed by atoms with Crippen molar-refractivity contribution < 1.29 is 14.3 Å². The molecule has 19 heavy (non-hydrogen) atoms. The molecule has 0 saturated carbocycles. The zero-order valence-corrected chi connectivity index (χ0v) is 10.8. The van der Waals surface area contributed by atoms with Gasteiger partial charge in [-0.1, -0.05) is 6.07 Å². The molecule has 1 amide bonds. The van der Waals surface area contributed by atoms with E-state index in [-0.39, 0.29) is 11.9 Å². The Morgan fingerprint density at radius 2 is 2.16 bits per heavy atom. The molecule has 1 fully saturated rings. The standard InChI is InChI=1S/C14H18N2O3/c17-14(11-2-1-5-15-11)16-9-10-3-4-12-13(8-10)19-7-6-18-12/h3-4,8,11,15H,1-2,5-7,9H2,(H,16,17)/t11-/m0/s1. The Morgan fingerprint density at radius 3 is 2.95 bits per heavy atom. The van der Waals surface area contributed by atoms with Crippen LogP contribution in [0.2, 0.25) is 0 Å². The molecule has 2 heterocycles. The molecule has 0 bridgehead atoms. The Bertz CT molecular complexity index is 470. The third-order valence-corrected chi connectivity index (χ3v) is 3.45. The van der Waals surface area contributed by atoms with Crippen LogP contribution >= 0.6 is 0 Å². The molecular weight excluding hydrogens is 244 g/mol. The quantitative estimate of drug-likeness (QED) is 0.847. The van der Waals surface area contributed by atoms with E-state index in [4.69, 9.17) is 9.47 Å². The van der Waals surface area contributed by atoms with Gasteiger partial charge in [-0.05, 0) is 37.1 Å². The Kier molecular flexibility index (Phi) is 3.55. The molecule has 0 aromatic heterocycles. The molecule has 2 aliphatic heterocycles. The Labute approximate surface area is 112 Å². The van der Waals surface area contributed by atoms with E-state index in [1.54, 1.807) is 0 Å². The zero-order valence-electron chi connectivity index (χ0n) is 10.8. The van der Waals surface area contributed by atoms with Gasteiger partial charge in [-0.15, -0.1) is 0 Å². The van der Waals surface area contributed by atoms with Gasteiger partial charge in [-0.25, -0.2) is 0 Å². The smallest absolute Gasteiger partial charge is 0.237 e. The zero-order chi connectivity index (χ0) is 13.1. The molecule has 3 rings (SSSR count). The number of nitrogens with one attached hydrogen (secondary N) is 2. The summed E-state index contributed by atoms with van der Waals surface area (Å²) in [6.45, 7) is 2.63. The summed E-state index contributed by atoms with van der Waals surface area (Å²) in [4.78, 5) is 11.9. The average Bonchev–Trinajstić information content (AvgIpc) is 2.99. The summed E-state index contributed by atoms with van der Waals surface area (Å²) in [6.07, 6.45) is 2.00. The normalized spacial score (nSPS) is 21.2. The number of hydrogen-bond donors (Lipinski definition) is 2. The SMILES string of the molecule is O=C(NCc1ccc2c(c1)OCCO2)[C@@H]1CCCN1. The Balaban J connectivity index is 1.59. The summed E-state index contributed by atoms with van der Waals surface area (Å²) in [7, 11) is 0. The van der Waals surface area contributed by atoms with Gasteiger partial charge in [0.05, 0.1) is 6.04 Å². The Morgan fingerprint density at radius 1 is 1.32 bits per heavy atom. The van der Waals surface area contributed by atoms with Gasteiger partial charge in [0.25, 0.3) is 0 Å². The van der Waals surface area contributed by atoms with E-state index in [2.05, 4.69) is 10.6 Å². The summed E-state index contributed by atoms with van der Waals surface area (Å²) in [6, 6.07) is 5.74. The number of carbonyl (C=O) groups excluding carboxylic acids is 1. The van der Waals surface area contributed by atoms with Crippen molar-refractivity contribution in [3.8, 4) is 11.5 Å². The number of benzene rings is 1. The van der Waals surface area contributed by atoms with Crippen LogP contribution in [-0.2, 0) is 11.3 Å². The van der Waals surface area contributed by atoms with Gasteiger partial charge in [0.1, 0.15) is 13.2 Å². The van der Waals surface area contributed by atoms with Crippen LogP contribution < -0.4 is 20.1 Å². The van der Waals surface area contributed by atoms with Crippen molar-refractivity contribution in [1.82, 2.24) is 10.6 Å². The van der Waals surface area contributed by atoms with Gasteiger partial charge in [0.2, 0.25) is 5.91 Å². The molecule has 1 aromatic carbocycles. The molecule has 0 aliphatic carbocycles. The van der Waals surface area contributed by atoms with Gasteiger partial charge >= 0.3 is 0 Å². The van der Waals surface area contributed by atoms with E-state index >= 15 is 0 Å². The topological polar surface area (TPSA) is 59.6 Å². The highest BCUT2D eigenvalue weighted by Crippen LogP contribution is 2.30. The number of rotatable bonds is 3. The molecule has 2 aliphatic rings. The van der Waals surface area contributed by atoms with Crippen LogP contribution in [0.4, 0.5) is 0 Å². The van der Waals surface area contributed by atoms with Crippen LogP contribution in [0, 0.1) is 0 Å². The van der Waals surface area contributed by atoms with Gasteiger partial charge in [0, 0.05) is 6.54 Å². The van der Waals surface area contributed by atoms with Crippen molar-refractivity contribution in [1.29, 1.82) is 0 Å². The van der Waals surface area contributed by atoms with Crippen molar-refractivity contribution >= 4 is 5.91 Å². The first kappa shape index (κ1) is 12.3. The van der Waals surface area contributed by atoms with Gasteiger partial charge in [-0.3, -0.25) is 4.79 Å². The minimum Gasteiger partial charge on any atom is -0.486 e. The third-order valence-electron chi connectivity index (χ3n) is 3.45. The molecule has 102 valence electrons. The number of carbonyl (C=O) groups is 1. The monoisotopic (exact) mass is 262 g/mol. The van der Waals surface area contributed by atoms with E-state index in [1.807, 2.05) is 18.2 Å². The molecule has 0 unspecified atom stereocenters. The van der Waals surface area contributed by atoms with Gasteiger partial charge < -0.3 is 20.1 Å². The lowest BCUT2D eigenvalue weighted by atomic mass is 10.1. The van der Waals surface area contributed by atoms with Crippen molar-refractivity contribution in [3.63, 3.8) is 0 Å². The fourth-order valence-electron chi connectivity index (χ4n) is 2.42. The molecule has 0 radical (unpaired) electrons. The fraction of sp³-hybridized carbons (Fsp3) is 0.500. The highest BCUT2D eigenvalue weighted by molar-refractivity contribution is 5.82. The first-order valence-corrected chi connectivity index (χ1v) is 6.72. The minimum absolute atomic E-state index is 0.0304. The highest BCUT2D eigenvalue weighted by Gasteiger charge is 2.21. The Hall–Kier alpha value is -1.75. The number of hydrogen-bond acceptors (Lipinski definition) is 4. The lowest BCUT2D eigenvalue weighted by molar-refractivity contribution is -0.122. The average molecular weight is 262 g/mol. The van der Waals surface area contributed by atoms with Crippen LogP contribution in [0.25, 0.3) is 0 Å². The van der Waals surface area contributed by atoms with Crippen molar-refractivity contribution in [3.05, 3.63) is 23.8 Å². The summed E-state index contributed by atoms with van der Waals surface area (Å²) >= 11 is 0. The second-order valence-corrected chi connectivity index (χ2v) is 4.84. The molecule has 1 atom stereocenters. The fourth-order valence-corrected chi connectivity index (χ4v) is 2.42. The maximum Gasteiger partial charge on any atom is 0.237 e. The van der Waals surface area contributed by atoms with Crippen LogP contribution in [0.3, 0.4) is 0 Å². The van der Waals surface area contributed by atoms with E-state index in [0.717, 1.165) is 36.4 Å². The number of fused-ring (bicyclic) bond motifs is 1. The summed E-state index contributed by atoms with van der Waals surface area (Å²) in [5, 5.41) is 6.14. The lowest BCUT2D eigenvalue weighted by Crippen LogP contribution is -2.40. The van der Waals surface area contributed by atoms with E-state index in [0.29, 0.717) is 19.8 Å². The van der Waals surface area contributed by atoms with Crippen LogP contribution in [0.1, 0.15) is 18.4 Å². The van der Waals surface area contributed by atoms with Crippen molar-refractivity contribution in [2.75, 3.05) is 19.8 Å². The third kappa shape index (κ3) is 2.81.